The fourth-order valence-electron chi connectivity index (χ4n) is 4.60. The fraction of sp³-hybridized carbons (Fsp3) is 0.148. The third-order valence-corrected chi connectivity index (χ3v) is 8.46. The van der Waals surface area contributed by atoms with E-state index in [0.717, 1.165) is 12.3 Å². The van der Waals surface area contributed by atoms with Crippen molar-refractivity contribution in [3.05, 3.63) is 99.3 Å². The van der Waals surface area contributed by atoms with Crippen molar-refractivity contribution in [1.82, 2.24) is 9.47 Å². The Morgan fingerprint density at radius 2 is 1.66 bits per heavy atom. The number of piperazine rings is 1. The molecule has 0 atom stereocenters. The first kappa shape index (κ1) is 28.1. The summed E-state index contributed by atoms with van der Waals surface area (Å²) in [4.78, 5) is 27.6. The van der Waals surface area contributed by atoms with Crippen LogP contribution in [0.2, 0.25) is 5.02 Å². The van der Waals surface area contributed by atoms with Crippen molar-refractivity contribution in [2.45, 2.75) is 4.90 Å². The van der Waals surface area contributed by atoms with Crippen LogP contribution in [0.1, 0.15) is 10.4 Å². The lowest BCUT2D eigenvalue weighted by atomic mass is 10.1. The van der Waals surface area contributed by atoms with Crippen molar-refractivity contribution >= 4 is 50.1 Å². The van der Waals surface area contributed by atoms with E-state index in [9.17, 15) is 27.5 Å². The van der Waals surface area contributed by atoms with Gasteiger partial charge in [0.2, 0.25) is 11.4 Å². The van der Waals surface area contributed by atoms with Crippen LogP contribution in [-0.2, 0) is 10.0 Å². The summed E-state index contributed by atoms with van der Waals surface area (Å²) in [7, 11) is -4.17. The molecule has 0 radical (unpaired) electrons. The van der Waals surface area contributed by atoms with Gasteiger partial charge in [-0.1, -0.05) is 23.7 Å². The summed E-state index contributed by atoms with van der Waals surface area (Å²) in [5, 5.41) is 9.40. The molecule has 2 heterocycles. The van der Waals surface area contributed by atoms with E-state index < -0.39 is 38.6 Å². The Bertz CT molecular complexity index is 1870. The Morgan fingerprint density at radius 1 is 1.00 bits per heavy atom. The van der Waals surface area contributed by atoms with Crippen LogP contribution < -0.4 is 16.1 Å². The van der Waals surface area contributed by atoms with Gasteiger partial charge in [-0.05, 0) is 48.5 Å². The highest BCUT2D eigenvalue weighted by Crippen LogP contribution is 2.28. The van der Waals surface area contributed by atoms with Crippen LogP contribution in [-0.4, -0.2) is 61.1 Å². The highest BCUT2D eigenvalue weighted by molar-refractivity contribution is 7.90. The molecule has 41 heavy (non-hydrogen) atoms. The molecule has 1 saturated heterocycles. The van der Waals surface area contributed by atoms with Gasteiger partial charge in [-0.15, -0.1) is 4.40 Å². The number of sulfonamides is 1. The average Bonchev–Trinajstić information content (AvgIpc) is 2.93. The van der Waals surface area contributed by atoms with Gasteiger partial charge in [-0.2, -0.15) is 8.42 Å². The molecule has 14 heteroatoms. The summed E-state index contributed by atoms with van der Waals surface area (Å²) in [6.07, 6.45) is 1.12. The number of carbonyl (C=O) groups is 1. The van der Waals surface area contributed by atoms with Crippen molar-refractivity contribution in [2.24, 2.45) is 10.1 Å². The lowest BCUT2D eigenvalue weighted by molar-refractivity contribution is 0.0695. The van der Waals surface area contributed by atoms with E-state index in [1.54, 1.807) is 11.0 Å². The van der Waals surface area contributed by atoms with E-state index in [1.165, 1.54) is 58.0 Å². The Hall–Kier alpha value is -4.49. The molecule has 0 amide bonds. The molecule has 3 aromatic carbocycles. The maximum Gasteiger partial charge on any atom is 0.341 e. The minimum Gasteiger partial charge on any atom is -0.477 e. The van der Waals surface area contributed by atoms with Gasteiger partial charge < -0.3 is 25.2 Å². The molecule has 212 valence electrons. The van der Waals surface area contributed by atoms with Crippen molar-refractivity contribution in [3.63, 3.8) is 0 Å². The van der Waals surface area contributed by atoms with E-state index in [0.29, 0.717) is 5.69 Å². The molecule has 0 spiro atoms. The highest BCUT2D eigenvalue weighted by atomic mass is 35.5. The maximum atomic E-state index is 15.4. The Kier molecular flexibility index (Phi) is 7.41. The van der Waals surface area contributed by atoms with Crippen LogP contribution in [0, 0.1) is 11.6 Å². The van der Waals surface area contributed by atoms with Gasteiger partial charge in [0.15, 0.2) is 0 Å². The third-order valence-electron chi connectivity index (χ3n) is 6.68. The van der Waals surface area contributed by atoms with Gasteiger partial charge in [-0.25, -0.2) is 13.6 Å². The second-order valence-corrected chi connectivity index (χ2v) is 11.2. The zero-order valence-electron chi connectivity index (χ0n) is 21.2. The molecule has 0 bridgehead atoms. The normalized spacial score (nSPS) is 14.5. The van der Waals surface area contributed by atoms with Crippen LogP contribution in [0.15, 0.2) is 80.9 Å². The largest absolute Gasteiger partial charge is 0.477 e. The van der Waals surface area contributed by atoms with Gasteiger partial charge in [0, 0.05) is 43.4 Å². The van der Waals surface area contributed by atoms with Crippen LogP contribution in [0.3, 0.4) is 0 Å². The number of fused-ring (bicyclic) bond motifs is 1. The number of benzene rings is 3. The zero-order chi connectivity index (χ0) is 29.5. The number of pyridine rings is 1. The molecular weight excluding hydrogens is 580 g/mol. The first-order valence-electron chi connectivity index (χ1n) is 12.2. The van der Waals surface area contributed by atoms with Crippen LogP contribution in [0.5, 0.6) is 0 Å². The molecule has 0 aliphatic carbocycles. The second kappa shape index (κ2) is 10.8. The summed E-state index contributed by atoms with van der Waals surface area (Å²) in [5.74, 6) is -2.98. The number of nitrogens with zero attached hydrogens (tertiary/aromatic N) is 4. The van der Waals surface area contributed by atoms with Gasteiger partial charge in [-0.3, -0.25) is 4.79 Å². The minimum atomic E-state index is -4.17. The predicted octanol–water partition coefficient (Wildman–Crippen LogP) is 3.45. The van der Waals surface area contributed by atoms with E-state index in [-0.39, 0.29) is 58.6 Å². The molecular formula is C27H22ClF2N5O5S. The van der Waals surface area contributed by atoms with E-state index in [4.69, 9.17) is 17.3 Å². The number of aromatic carboxylic acids is 1. The zero-order valence-corrected chi connectivity index (χ0v) is 22.7. The Balaban J connectivity index is 1.47. The van der Waals surface area contributed by atoms with Crippen molar-refractivity contribution in [1.29, 1.82) is 0 Å². The molecule has 4 aromatic rings. The number of carboxylic acid groups (broad SMARTS) is 1. The van der Waals surface area contributed by atoms with Crippen LogP contribution >= 0.6 is 11.6 Å². The minimum absolute atomic E-state index is 0.00948. The number of hydrogen-bond donors (Lipinski definition) is 2. The molecule has 1 aromatic heterocycles. The van der Waals surface area contributed by atoms with Gasteiger partial charge >= 0.3 is 5.97 Å². The Labute approximate surface area is 237 Å². The number of anilines is 1. The smallest absolute Gasteiger partial charge is 0.341 e. The number of nitrogens with two attached hydrogens (primary N) is 1. The SMILES string of the molecule is N/C(=N\S(=O)(=O)c1ccccc1Cl)N1CCN(c2cc3c(cc2F)c(=O)c(C(=O)O)cn3-c2ccc(F)cc2)CC1. The summed E-state index contributed by atoms with van der Waals surface area (Å²) in [6.45, 7) is 0.846. The quantitative estimate of drug-likeness (QED) is 0.262. The van der Waals surface area contributed by atoms with Gasteiger partial charge in [0.05, 0.1) is 16.2 Å². The second-order valence-electron chi connectivity index (χ2n) is 9.17. The monoisotopic (exact) mass is 601 g/mol. The topological polar surface area (TPSA) is 138 Å². The highest BCUT2D eigenvalue weighted by Gasteiger charge is 2.25. The van der Waals surface area contributed by atoms with E-state index in [2.05, 4.69) is 4.40 Å². The first-order valence-corrected chi connectivity index (χ1v) is 14.0. The molecule has 1 fully saturated rings. The standard InChI is InChI=1S/C27H22ClF2N5O5S/c28-20-3-1-2-4-24(20)41(39,40)32-27(31)34-11-9-33(10-12-34)23-14-22-18(13-21(23)30)25(36)19(26(37)38)15-35(22)17-7-5-16(29)6-8-17/h1-8,13-15H,9-12H2,(H2,31,32)(H,37,38). The summed E-state index contributed by atoms with van der Waals surface area (Å²) in [5.41, 5.74) is 5.31. The number of hydrogen-bond acceptors (Lipinski definition) is 5. The maximum absolute atomic E-state index is 15.4. The number of rotatable bonds is 5. The van der Waals surface area contributed by atoms with Crippen molar-refractivity contribution in [2.75, 3.05) is 31.1 Å². The number of guanidine groups is 1. The van der Waals surface area contributed by atoms with Crippen LogP contribution in [0.4, 0.5) is 14.5 Å². The molecule has 0 saturated carbocycles. The molecule has 10 nitrogen and oxygen atoms in total. The van der Waals surface area contributed by atoms with Crippen molar-refractivity contribution in [3.8, 4) is 5.69 Å². The van der Waals surface area contributed by atoms with Crippen LogP contribution in [0.25, 0.3) is 16.6 Å². The van der Waals surface area contributed by atoms with Gasteiger partial charge in [0.25, 0.3) is 10.0 Å². The van der Waals surface area contributed by atoms with E-state index in [1.807, 2.05) is 0 Å². The van der Waals surface area contributed by atoms with E-state index >= 15 is 4.39 Å². The van der Waals surface area contributed by atoms with Gasteiger partial charge in [0.1, 0.15) is 22.1 Å². The molecule has 0 unspecified atom stereocenters. The summed E-state index contributed by atoms with van der Waals surface area (Å²) >= 11 is 6.00. The number of aromatic nitrogens is 1. The third kappa shape index (κ3) is 5.45. The fourth-order valence-corrected chi connectivity index (χ4v) is 6.06. The summed E-state index contributed by atoms with van der Waals surface area (Å²) in [6, 6.07) is 13.4. The molecule has 1 aliphatic rings. The molecule has 5 rings (SSSR count). The number of halogens is 3. The molecule has 3 N–H and O–H groups in total. The lowest BCUT2D eigenvalue weighted by Gasteiger charge is -2.36. The molecule has 1 aliphatic heterocycles. The first-order chi connectivity index (χ1) is 19.5. The summed E-state index contributed by atoms with van der Waals surface area (Å²) < 4.78 is 59.4. The number of carboxylic acids is 1. The lowest BCUT2D eigenvalue weighted by Crippen LogP contribution is -2.51. The predicted molar refractivity (Wildman–Crippen MR) is 150 cm³/mol. The van der Waals surface area contributed by atoms with Crippen molar-refractivity contribution < 1.29 is 27.1 Å². The average molecular weight is 602 g/mol. The Morgan fingerprint density at radius 3 is 2.29 bits per heavy atom.